The van der Waals surface area contributed by atoms with Gasteiger partial charge in [0.1, 0.15) is 0 Å². The van der Waals surface area contributed by atoms with E-state index in [4.69, 9.17) is 9.16 Å². The fourth-order valence-electron chi connectivity index (χ4n) is 2.21. The van der Waals surface area contributed by atoms with Gasteiger partial charge in [-0.1, -0.05) is 20.8 Å². The number of piperidine rings is 1. The minimum absolute atomic E-state index is 0.0259. The average molecular weight is 303 g/mol. The summed E-state index contributed by atoms with van der Waals surface area (Å²) < 4.78 is 11.2. The molecule has 1 heterocycles. The molecular formula is C14H29NO4Si. The van der Waals surface area contributed by atoms with Gasteiger partial charge in [-0.25, -0.2) is 4.79 Å². The van der Waals surface area contributed by atoms with Crippen LogP contribution in [-0.4, -0.2) is 56.8 Å². The Morgan fingerprint density at radius 2 is 1.95 bits per heavy atom. The van der Waals surface area contributed by atoms with Crippen molar-refractivity contribution in [3.63, 3.8) is 0 Å². The SMILES string of the molecule is COC(=O)N1C[C@@H](O[Si](C)(C)C(C)(C)C)CC[C@H]1CO. The van der Waals surface area contributed by atoms with Gasteiger partial charge < -0.3 is 19.2 Å². The molecule has 1 fully saturated rings. The van der Waals surface area contributed by atoms with E-state index in [0.717, 1.165) is 12.8 Å². The topological polar surface area (TPSA) is 59.0 Å². The molecule has 20 heavy (non-hydrogen) atoms. The van der Waals surface area contributed by atoms with Gasteiger partial charge in [0.25, 0.3) is 0 Å². The van der Waals surface area contributed by atoms with Crippen molar-refractivity contribution >= 4 is 14.4 Å². The zero-order valence-corrected chi connectivity index (χ0v) is 14.6. The first-order chi connectivity index (χ1) is 9.12. The maximum absolute atomic E-state index is 11.8. The standard InChI is InChI=1S/C14H29NO4Si/c1-14(2,3)20(5,6)19-12-8-7-11(10-16)15(9-12)13(17)18-4/h11-12,16H,7-10H2,1-6H3/t11-,12-/m0/s1. The molecule has 0 unspecified atom stereocenters. The zero-order valence-electron chi connectivity index (χ0n) is 13.6. The number of aliphatic hydroxyl groups excluding tert-OH is 1. The minimum Gasteiger partial charge on any atom is -0.453 e. The molecule has 1 aliphatic heterocycles. The van der Waals surface area contributed by atoms with Crippen molar-refractivity contribution in [2.45, 2.75) is 63.9 Å². The molecule has 1 saturated heterocycles. The first kappa shape index (κ1) is 17.5. The quantitative estimate of drug-likeness (QED) is 0.814. The highest BCUT2D eigenvalue weighted by atomic mass is 28.4. The van der Waals surface area contributed by atoms with E-state index >= 15 is 0 Å². The Balaban J connectivity index is 2.73. The number of likely N-dealkylation sites (tertiary alicyclic amines) is 1. The van der Waals surface area contributed by atoms with E-state index < -0.39 is 8.32 Å². The third-order valence-corrected chi connectivity index (χ3v) is 9.09. The van der Waals surface area contributed by atoms with Crippen LogP contribution in [0.15, 0.2) is 0 Å². The molecule has 0 radical (unpaired) electrons. The number of nitrogens with zero attached hydrogens (tertiary/aromatic N) is 1. The van der Waals surface area contributed by atoms with Crippen LogP contribution >= 0.6 is 0 Å². The first-order valence-corrected chi connectivity index (χ1v) is 10.2. The fraction of sp³-hybridized carbons (Fsp3) is 0.929. The van der Waals surface area contributed by atoms with E-state index in [0.29, 0.717) is 6.54 Å². The van der Waals surface area contributed by atoms with Gasteiger partial charge in [-0.05, 0) is 31.0 Å². The molecule has 1 N–H and O–H groups in total. The monoisotopic (exact) mass is 303 g/mol. The third kappa shape index (κ3) is 3.96. The minimum atomic E-state index is -1.84. The summed E-state index contributed by atoms with van der Waals surface area (Å²) >= 11 is 0. The fourth-order valence-corrected chi connectivity index (χ4v) is 3.59. The predicted octanol–water partition coefficient (Wildman–Crippen LogP) is 2.60. The van der Waals surface area contributed by atoms with Gasteiger partial charge in [-0.2, -0.15) is 0 Å². The van der Waals surface area contributed by atoms with Crippen LogP contribution in [0, 0.1) is 0 Å². The lowest BCUT2D eigenvalue weighted by molar-refractivity contribution is 0.0179. The number of rotatable bonds is 3. The van der Waals surface area contributed by atoms with Crippen molar-refractivity contribution in [1.29, 1.82) is 0 Å². The van der Waals surface area contributed by atoms with Crippen molar-refractivity contribution < 1.29 is 19.1 Å². The van der Waals surface area contributed by atoms with Crippen molar-refractivity contribution in [3.05, 3.63) is 0 Å². The Bertz CT molecular complexity index is 341. The van der Waals surface area contributed by atoms with Crippen molar-refractivity contribution in [3.8, 4) is 0 Å². The maximum atomic E-state index is 11.8. The second-order valence-electron chi connectivity index (χ2n) is 7.04. The van der Waals surface area contributed by atoms with Gasteiger partial charge in [0, 0.05) is 6.54 Å². The highest BCUT2D eigenvalue weighted by Crippen LogP contribution is 2.38. The number of hydrogen-bond donors (Lipinski definition) is 1. The van der Waals surface area contributed by atoms with Crippen molar-refractivity contribution in [2.24, 2.45) is 0 Å². The lowest BCUT2D eigenvalue weighted by Gasteiger charge is -2.44. The van der Waals surface area contributed by atoms with Gasteiger partial charge >= 0.3 is 6.09 Å². The van der Waals surface area contributed by atoms with Crippen LogP contribution in [0.3, 0.4) is 0 Å². The molecule has 5 nitrogen and oxygen atoms in total. The highest BCUT2D eigenvalue weighted by Gasteiger charge is 2.41. The average Bonchev–Trinajstić information content (AvgIpc) is 2.36. The Morgan fingerprint density at radius 3 is 2.40 bits per heavy atom. The number of carbonyl (C=O) groups excluding carboxylic acids is 1. The molecule has 0 aromatic heterocycles. The van der Waals surface area contributed by atoms with E-state index in [2.05, 4.69) is 33.9 Å². The number of amides is 1. The second kappa shape index (κ2) is 6.45. The number of aliphatic hydroxyl groups is 1. The van der Waals surface area contributed by atoms with Gasteiger partial charge in [-0.3, -0.25) is 0 Å². The van der Waals surface area contributed by atoms with Crippen molar-refractivity contribution in [1.82, 2.24) is 4.90 Å². The second-order valence-corrected chi connectivity index (χ2v) is 11.8. The highest BCUT2D eigenvalue weighted by molar-refractivity contribution is 6.74. The number of hydrogen-bond acceptors (Lipinski definition) is 4. The molecule has 2 atom stereocenters. The molecule has 0 saturated carbocycles. The zero-order chi connectivity index (χ0) is 15.6. The Hall–Kier alpha value is -0.593. The summed E-state index contributed by atoms with van der Waals surface area (Å²) in [5.74, 6) is 0. The van der Waals surface area contributed by atoms with E-state index in [1.54, 1.807) is 4.90 Å². The van der Waals surface area contributed by atoms with Crippen LogP contribution < -0.4 is 0 Å². The Kier molecular flexibility index (Phi) is 5.63. The summed E-state index contributed by atoms with van der Waals surface area (Å²) in [4.78, 5) is 13.4. The van der Waals surface area contributed by atoms with Crippen molar-refractivity contribution in [2.75, 3.05) is 20.3 Å². The van der Waals surface area contributed by atoms with Crippen LogP contribution in [0.5, 0.6) is 0 Å². The summed E-state index contributed by atoms with van der Waals surface area (Å²) in [6.45, 7) is 11.5. The van der Waals surface area contributed by atoms with Gasteiger partial charge in [0.15, 0.2) is 8.32 Å². The molecular weight excluding hydrogens is 274 g/mol. The van der Waals surface area contributed by atoms with E-state index in [-0.39, 0.29) is 29.9 Å². The molecule has 0 aromatic carbocycles. The van der Waals surface area contributed by atoms with Crippen LogP contribution in [0.2, 0.25) is 18.1 Å². The van der Waals surface area contributed by atoms with Gasteiger partial charge in [-0.15, -0.1) is 0 Å². The normalized spacial score (nSPS) is 24.6. The molecule has 1 aliphatic rings. The smallest absolute Gasteiger partial charge is 0.409 e. The molecule has 6 heteroatoms. The summed E-state index contributed by atoms with van der Waals surface area (Å²) in [7, 11) is -0.470. The molecule has 0 aliphatic carbocycles. The lowest BCUT2D eigenvalue weighted by Crippen LogP contribution is -2.54. The van der Waals surface area contributed by atoms with Crippen LogP contribution in [0.25, 0.3) is 0 Å². The van der Waals surface area contributed by atoms with Crippen LogP contribution in [-0.2, 0) is 9.16 Å². The Labute approximate surface area is 123 Å². The third-order valence-electron chi connectivity index (χ3n) is 4.55. The first-order valence-electron chi connectivity index (χ1n) is 7.25. The number of ether oxygens (including phenoxy) is 1. The molecule has 0 aromatic rings. The summed E-state index contributed by atoms with van der Waals surface area (Å²) in [5, 5.41) is 9.52. The summed E-state index contributed by atoms with van der Waals surface area (Å²) in [6, 6.07) is -0.151. The number of methoxy groups -OCH3 is 1. The van der Waals surface area contributed by atoms with E-state index in [1.165, 1.54) is 7.11 Å². The molecule has 1 amide bonds. The van der Waals surface area contributed by atoms with Gasteiger partial charge in [0.05, 0.1) is 25.9 Å². The van der Waals surface area contributed by atoms with Crippen LogP contribution in [0.4, 0.5) is 4.79 Å². The van der Waals surface area contributed by atoms with Crippen LogP contribution in [0.1, 0.15) is 33.6 Å². The van der Waals surface area contributed by atoms with E-state index in [9.17, 15) is 9.90 Å². The molecule has 0 bridgehead atoms. The van der Waals surface area contributed by atoms with E-state index in [1.807, 2.05) is 0 Å². The molecule has 0 spiro atoms. The molecule has 118 valence electrons. The summed E-state index contributed by atoms with van der Waals surface area (Å²) in [6.07, 6.45) is 1.29. The summed E-state index contributed by atoms with van der Waals surface area (Å²) in [5.41, 5.74) is 0. The molecule has 1 rings (SSSR count). The predicted molar refractivity (Wildman–Crippen MR) is 81.3 cm³/mol. The number of carbonyl (C=O) groups is 1. The Morgan fingerprint density at radius 1 is 1.35 bits per heavy atom. The largest absolute Gasteiger partial charge is 0.453 e. The van der Waals surface area contributed by atoms with Gasteiger partial charge in [0.2, 0.25) is 0 Å². The maximum Gasteiger partial charge on any atom is 0.409 e. The lowest BCUT2D eigenvalue weighted by atomic mass is 10.0.